The highest BCUT2D eigenvalue weighted by Gasteiger charge is 2.25. The number of anilines is 1. The first-order chi connectivity index (χ1) is 12.5. The molecule has 2 amide bonds. The van der Waals surface area contributed by atoms with E-state index in [2.05, 4.69) is 16.0 Å². The molecule has 1 aliphatic rings. The molecule has 27 heavy (non-hydrogen) atoms. The third-order valence-electron chi connectivity index (χ3n) is 4.31. The lowest BCUT2D eigenvalue weighted by molar-refractivity contribution is 0.0929. The normalized spacial score (nSPS) is 18.6. The van der Waals surface area contributed by atoms with E-state index in [1.54, 1.807) is 30.3 Å². The van der Waals surface area contributed by atoms with Crippen molar-refractivity contribution in [1.82, 2.24) is 10.6 Å². The number of benzene rings is 1. The number of thiophene rings is 1. The maximum Gasteiger partial charge on any atom is 0.261 e. The molecule has 0 saturated carbocycles. The van der Waals surface area contributed by atoms with Crippen molar-refractivity contribution in [1.29, 1.82) is 0 Å². The number of nitrogens with one attached hydrogen (secondary N) is 3. The summed E-state index contributed by atoms with van der Waals surface area (Å²) in [6.07, 6.45) is -0.440. The number of β-amino-alcohol motifs (C(OH)–C–C–N with tert-alkyl or cyclic N) is 1. The van der Waals surface area contributed by atoms with Crippen LogP contribution in [0.1, 0.15) is 25.6 Å². The summed E-state index contributed by atoms with van der Waals surface area (Å²) in [7, 11) is 0. The van der Waals surface area contributed by atoms with Crippen molar-refractivity contribution in [3.05, 3.63) is 51.4 Å². The molecule has 2 aromatic rings. The van der Waals surface area contributed by atoms with Crippen LogP contribution in [0.5, 0.6) is 0 Å². The van der Waals surface area contributed by atoms with Crippen molar-refractivity contribution in [2.24, 2.45) is 5.92 Å². The van der Waals surface area contributed by atoms with E-state index in [-0.39, 0.29) is 30.1 Å². The molecule has 1 aromatic carbocycles. The molecular weight excluding hydrogens is 409 g/mol. The van der Waals surface area contributed by atoms with E-state index in [0.29, 0.717) is 40.1 Å². The number of amides is 2. The average Bonchev–Trinajstić information content (AvgIpc) is 3.18. The molecule has 2 unspecified atom stereocenters. The molecule has 1 saturated heterocycles. The van der Waals surface area contributed by atoms with Gasteiger partial charge in [0.15, 0.2) is 0 Å². The van der Waals surface area contributed by atoms with Crippen LogP contribution in [0.25, 0.3) is 0 Å². The predicted molar refractivity (Wildman–Crippen MR) is 110 cm³/mol. The van der Waals surface area contributed by atoms with E-state index in [1.807, 2.05) is 6.92 Å². The van der Waals surface area contributed by atoms with Gasteiger partial charge in [-0.3, -0.25) is 9.59 Å². The Morgan fingerprint density at radius 2 is 2.04 bits per heavy atom. The maximum absolute atomic E-state index is 12.4. The summed E-state index contributed by atoms with van der Waals surface area (Å²) >= 11 is 7.25. The van der Waals surface area contributed by atoms with E-state index in [9.17, 15) is 14.7 Å². The van der Waals surface area contributed by atoms with Crippen LogP contribution in [0.15, 0.2) is 30.3 Å². The van der Waals surface area contributed by atoms with Crippen molar-refractivity contribution in [3.63, 3.8) is 0 Å². The second-order valence-electron chi connectivity index (χ2n) is 6.25. The van der Waals surface area contributed by atoms with Crippen LogP contribution in [0.4, 0.5) is 5.00 Å². The lowest BCUT2D eigenvalue weighted by Gasteiger charge is -2.13. The van der Waals surface area contributed by atoms with Gasteiger partial charge in [-0.2, -0.15) is 0 Å². The molecule has 4 N–H and O–H groups in total. The van der Waals surface area contributed by atoms with Gasteiger partial charge in [0.05, 0.1) is 26.6 Å². The van der Waals surface area contributed by atoms with E-state index in [4.69, 9.17) is 11.6 Å². The number of aliphatic hydroxyl groups is 1. The fourth-order valence-corrected chi connectivity index (χ4v) is 4.03. The monoisotopic (exact) mass is 429 g/mol. The van der Waals surface area contributed by atoms with Gasteiger partial charge in [-0.1, -0.05) is 23.7 Å². The zero-order chi connectivity index (χ0) is 18.7. The lowest BCUT2D eigenvalue weighted by Crippen LogP contribution is -2.34. The van der Waals surface area contributed by atoms with Crippen molar-refractivity contribution in [2.45, 2.75) is 13.0 Å². The highest BCUT2D eigenvalue weighted by atomic mass is 35.5. The quantitative estimate of drug-likeness (QED) is 0.587. The molecule has 3 rings (SSSR count). The van der Waals surface area contributed by atoms with Crippen LogP contribution < -0.4 is 16.0 Å². The van der Waals surface area contributed by atoms with Crippen LogP contribution >= 0.6 is 35.3 Å². The topological polar surface area (TPSA) is 90.5 Å². The molecule has 6 nitrogen and oxygen atoms in total. The molecule has 9 heteroatoms. The van der Waals surface area contributed by atoms with E-state index >= 15 is 0 Å². The Kier molecular flexibility index (Phi) is 7.64. The third-order valence-corrected chi connectivity index (χ3v) is 5.79. The zero-order valence-corrected chi connectivity index (χ0v) is 17.0. The summed E-state index contributed by atoms with van der Waals surface area (Å²) in [6, 6.07) is 8.56. The minimum atomic E-state index is -0.440. The minimum absolute atomic E-state index is 0. The molecule has 0 aliphatic carbocycles. The van der Waals surface area contributed by atoms with Gasteiger partial charge in [0.25, 0.3) is 11.8 Å². The van der Waals surface area contributed by atoms with Gasteiger partial charge in [0, 0.05) is 25.6 Å². The van der Waals surface area contributed by atoms with Crippen LogP contribution in [-0.2, 0) is 0 Å². The van der Waals surface area contributed by atoms with Crippen LogP contribution in [0.2, 0.25) is 5.02 Å². The maximum atomic E-state index is 12.4. The van der Waals surface area contributed by atoms with Gasteiger partial charge in [-0.05, 0) is 30.7 Å². The Morgan fingerprint density at radius 3 is 2.70 bits per heavy atom. The molecular formula is C18H21Cl2N3O3S. The second-order valence-corrected chi connectivity index (χ2v) is 7.71. The smallest absolute Gasteiger partial charge is 0.261 e. The number of rotatable bonds is 5. The van der Waals surface area contributed by atoms with Crippen LogP contribution in [0.3, 0.4) is 0 Å². The number of carbonyl (C=O) groups is 2. The first-order valence-corrected chi connectivity index (χ1v) is 9.48. The first kappa shape index (κ1) is 21.7. The fraction of sp³-hybridized carbons (Fsp3) is 0.333. The predicted octanol–water partition coefficient (Wildman–Crippen LogP) is 2.69. The Balaban J connectivity index is 0.00000261. The Morgan fingerprint density at radius 1 is 1.30 bits per heavy atom. The van der Waals surface area contributed by atoms with Crippen molar-refractivity contribution >= 4 is 52.2 Å². The number of hydrogen-bond donors (Lipinski definition) is 4. The van der Waals surface area contributed by atoms with Crippen molar-refractivity contribution < 1.29 is 14.7 Å². The molecule has 146 valence electrons. The Bertz CT molecular complexity index is 828. The van der Waals surface area contributed by atoms with Crippen LogP contribution in [-0.4, -0.2) is 42.7 Å². The number of hydrogen-bond acceptors (Lipinski definition) is 5. The highest BCUT2D eigenvalue weighted by Crippen LogP contribution is 2.28. The summed E-state index contributed by atoms with van der Waals surface area (Å²) in [5, 5.41) is 19.5. The number of carbonyl (C=O) groups excluding carboxylic acids is 2. The SMILES string of the molecule is Cc1cc(NC(=O)c2ccccc2Cl)sc1C(=O)NCC1CNCC1O.Cl. The highest BCUT2D eigenvalue weighted by molar-refractivity contribution is 7.18. The van der Waals surface area contributed by atoms with Crippen LogP contribution in [0, 0.1) is 12.8 Å². The molecule has 0 spiro atoms. The summed E-state index contributed by atoms with van der Waals surface area (Å²) in [5.74, 6) is -0.507. The van der Waals surface area contributed by atoms with E-state index < -0.39 is 6.10 Å². The number of aliphatic hydroxyl groups excluding tert-OH is 1. The standard InChI is InChI=1S/C18H20ClN3O3S.ClH/c1-10-6-15(22-17(24)12-4-2-3-5-13(12)19)26-16(10)18(25)21-8-11-7-20-9-14(11)23;/h2-6,11,14,20,23H,7-9H2,1H3,(H,21,25)(H,22,24);1H. The minimum Gasteiger partial charge on any atom is -0.391 e. The molecule has 2 atom stereocenters. The van der Waals surface area contributed by atoms with Gasteiger partial charge < -0.3 is 21.1 Å². The molecule has 1 aromatic heterocycles. The summed E-state index contributed by atoms with van der Waals surface area (Å²) in [5.41, 5.74) is 1.17. The first-order valence-electron chi connectivity index (χ1n) is 8.29. The van der Waals surface area contributed by atoms with E-state index in [0.717, 1.165) is 5.56 Å². The van der Waals surface area contributed by atoms with Gasteiger partial charge >= 0.3 is 0 Å². The molecule has 0 bridgehead atoms. The zero-order valence-electron chi connectivity index (χ0n) is 14.6. The average molecular weight is 430 g/mol. The number of aryl methyl sites for hydroxylation is 1. The van der Waals surface area contributed by atoms with Gasteiger partial charge in [-0.15, -0.1) is 23.7 Å². The van der Waals surface area contributed by atoms with E-state index in [1.165, 1.54) is 11.3 Å². The Hall–Kier alpha value is -1.64. The third kappa shape index (κ3) is 5.21. The summed E-state index contributed by atoms with van der Waals surface area (Å²) < 4.78 is 0. The molecule has 1 aliphatic heterocycles. The van der Waals surface area contributed by atoms with Gasteiger partial charge in [0.1, 0.15) is 0 Å². The summed E-state index contributed by atoms with van der Waals surface area (Å²) in [4.78, 5) is 25.3. The fourth-order valence-electron chi connectivity index (χ4n) is 2.83. The summed E-state index contributed by atoms with van der Waals surface area (Å²) in [6.45, 7) is 3.47. The second kappa shape index (κ2) is 9.52. The molecule has 2 heterocycles. The largest absolute Gasteiger partial charge is 0.391 e. The lowest BCUT2D eigenvalue weighted by atomic mass is 10.1. The molecule has 1 fully saturated rings. The van der Waals surface area contributed by atoms with Crippen molar-refractivity contribution in [2.75, 3.05) is 25.0 Å². The van der Waals surface area contributed by atoms with Gasteiger partial charge in [-0.25, -0.2) is 0 Å². The molecule has 0 radical (unpaired) electrons. The van der Waals surface area contributed by atoms with Crippen molar-refractivity contribution in [3.8, 4) is 0 Å². The number of halogens is 2. The van der Waals surface area contributed by atoms with Gasteiger partial charge in [0.2, 0.25) is 0 Å². The Labute approximate surface area is 172 Å².